The molecule has 104 valence electrons. The monoisotopic (exact) mass is 308 g/mol. The number of carbonyl (C=O) groups is 1. The molecule has 4 heteroatoms. The molecular formula is C16H14Cl2O2. The van der Waals surface area contributed by atoms with E-state index in [0.717, 1.165) is 11.1 Å². The number of methoxy groups -OCH3 is 1. The van der Waals surface area contributed by atoms with E-state index in [-0.39, 0.29) is 12.2 Å². The van der Waals surface area contributed by atoms with Crippen molar-refractivity contribution < 1.29 is 9.53 Å². The molecule has 0 aliphatic rings. The van der Waals surface area contributed by atoms with Crippen molar-refractivity contribution in [2.24, 2.45) is 0 Å². The maximum atomic E-state index is 12.4. The average molecular weight is 309 g/mol. The summed E-state index contributed by atoms with van der Waals surface area (Å²) in [5.41, 5.74) is 2.18. The Morgan fingerprint density at radius 1 is 1.20 bits per heavy atom. The fraction of sp³-hybridized carbons (Fsp3) is 0.188. The molecule has 2 nitrogen and oxygen atoms in total. The molecule has 0 N–H and O–H groups in total. The van der Waals surface area contributed by atoms with Gasteiger partial charge in [-0.25, -0.2) is 0 Å². The number of Topliss-reactive ketones (excluding diaryl/α,β-unsaturated/α-hetero) is 1. The second-order valence-corrected chi connectivity index (χ2v) is 5.31. The zero-order valence-electron chi connectivity index (χ0n) is 11.2. The van der Waals surface area contributed by atoms with Gasteiger partial charge in [0.1, 0.15) is 5.75 Å². The predicted molar refractivity (Wildman–Crippen MR) is 82.2 cm³/mol. The predicted octanol–water partition coefficient (Wildman–Crippen LogP) is 4.74. The van der Waals surface area contributed by atoms with E-state index in [2.05, 4.69) is 0 Å². The van der Waals surface area contributed by atoms with E-state index in [1.807, 2.05) is 6.92 Å². The summed E-state index contributed by atoms with van der Waals surface area (Å²) in [5.74, 6) is 0.646. The minimum Gasteiger partial charge on any atom is -0.496 e. The first-order chi connectivity index (χ1) is 9.52. The Hall–Kier alpha value is -1.51. The third-order valence-corrected chi connectivity index (χ3v) is 3.81. The number of halogens is 2. The molecule has 0 aliphatic heterocycles. The van der Waals surface area contributed by atoms with Gasteiger partial charge in [0.05, 0.1) is 7.11 Å². The molecule has 2 rings (SSSR count). The van der Waals surface area contributed by atoms with Gasteiger partial charge in [-0.2, -0.15) is 0 Å². The summed E-state index contributed by atoms with van der Waals surface area (Å²) in [7, 11) is 1.57. The first kappa shape index (κ1) is 14.9. The van der Waals surface area contributed by atoms with Crippen LogP contribution in [0.25, 0.3) is 0 Å². The van der Waals surface area contributed by atoms with E-state index in [0.29, 0.717) is 21.4 Å². The fourth-order valence-electron chi connectivity index (χ4n) is 2.06. The highest BCUT2D eigenvalue weighted by Crippen LogP contribution is 2.26. The molecule has 0 saturated carbocycles. The van der Waals surface area contributed by atoms with Crippen LogP contribution < -0.4 is 4.74 Å². The summed E-state index contributed by atoms with van der Waals surface area (Å²) in [6.45, 7) is 1.84. The van der Waals surface area contributed by atoms with Gasteiger partial charge in [-0.05, 0) is 36.8 Å². The molecule has 0 spiro atoms. The maximum Gasteiger partial charge on any atom is 0.167 e. The van der Waals surface area contributed by atoms with Gasteiger partial charge in [0.15, 0.2) is 5.78 Å². The molecule has 0 amide bonds. The van der Waals surface area contributed by atoms with E-state index < -0.39 is 0 Å². The molecule has 0 unspecified atom stereocenters. The third-order valence-electron chi connectivity index (χ3n) is 3.16. The molecule has 0 heterocycles. The van der Waals surface area contributed by atoms with Crippen molar-refractivity contribution in [2.75, 3.05) is 7.11 Å². The topological polar surface area (TPSA) is 26.3 Å². The lowest BCUT2D eigenvalue weighted by Crippen LogP contribution is -2.07. The van der Waals surface area contributed by atoms with E-state index in [1.54, 1.807) is 43.5 Å². The Kier molecular flexibility index (Phi) is 4.69. The molecular weight excluding hydrogens is 295 g/mol. The normalized spacial score (nSPS) is 10.4. The van der Waals surface area contributed by atoms with Crippen molar-refractivity contribution in [3.8, 4) is 5.75 Å². The first-order valence-electron chi connectivity index (χ1n) is 6.13. The van der Waals surface area contributed by atoms with Crippen molar-refractivity contribution in [2.45, 2.75) is 13.3 Å². The lowest BCUT2D eigenvalue weighted by atomic mass is 9.99. The van der Waals surface area contributed by atoms with Crippen LogP contribution in [0.2, 0.25) is 10.0 Å². The molecule has 2 aromatic carbocycles. The van der Waals surface area contributed by atoms with Gasteiger partial charge >= 0.3 is 0 Å². The van der Waals surface area contributed by atoms with E-state index >= 15 is 0 Å². The van der Waals surface area contributed by atoms with Crippen molar-refractivity contribution >= 4 is 29.0 Å². The minimum absolute atomic E-state index is 0.00873. The Morgan fingerprint density at radius 2 is 1.95 bits per heavy atom. The summed E-state index contributed by atoms with van der Waals surface area (Å²) < 4.78 is 5.25. The second-order valence-electron chi connectivity index (χ2n) is 4.47. The van der Waals surface area contributed by atoms with Crippen LogP contribution in [0.5, 0.6) is 5.75 Å². The van der Waals surface area contributed by atoms with Crippen molar-refractivity contribution in [3.63, 3.8) is 0 Å². The second kappa shape index (κ2) is 6.29. The van der Waals surface area contributed by atoms with Crippen LogP contribution in [0, 0.1) is 6.92 Å². The number of carbonyl (C=O) groups excluding carboxylic acids is 1. The van der Waals surface area contributed by atoms with Gasteiger partial charge in [0.25, 0.3) is 0 Å². The van der Waals surface area contributed by atoms with Crippen molar-refractivity contribution in [1.29, 1.82) is 0 Å². The zero-order chi connectivity index (χ0) is 14.7. The van der Waals surface area contributed by atoms with Crippen LogP contribution in [-0.2, 0) is 6.42 Å². The quantitative estimate of drug-likeness (QED) is 0.763. The molecule has 0 aromatic heterocycles. The van der Waals surface area contributed by atoms with Crippen LogP contribution >= 0.6 is 23.2 Å². The SMILES string of the molecule is COc1ccc(Cl)cc1CC(=O)c1cccc(Cl)c1C. The average Bonchev–Trinajstić information content (AvgIpc) is 2.42. The molecule has 0 aliphatic carbocycles. The van der Waals surface area contributed by atoms with Gasteiger partial charge in [-0.15, -0.1) is 0 Å². The van der Waals surface area contributed by atoms with Gasteiger partial charge in [-0.3, -0.25) is 4.79 Å². The summed E-state index contributed by atoms with van der Waals surface area (Å²) >= 11 is 12.0. The van der Waals surface area contributed by atoms with Crippen LogP contribution in [0.3, 0.4) is 0 Å². The molecule has 0 fully saturated rings. The van der Waals surface area contributed by atoms with Crippen LogP contribution in [0.1, 0.15) is 21.5 Å². The molecule has 20 heavy (non-hydrogen) atoms. The number of rotatable bonds is 4. The summed E-state index contributed by atoms with van der Waals surface area (Å²) in [6, 6.07) is 10.6. The highest BCUT2D eigenvalue weighted by atomic mass is 35.5. The number of hydrogen-bond acceptors (Lipinski definition) is 2. The molecule has 0 atom stereocenters. The lowest BCUT2D eigenvalue weighted by molar-refractivity contribution is 0.0991. The summed E-state index contributed by atoms with van der Waals surface area (Å²) in [6.07, 6.45) is 0.227. The fourth-order valence-corrected chi connectivity index (χ4v) is 2.43. The van der Waals surface area contributed by atoms with Crippen molar-refractivity contribution in [1.82, 2.24) is 0 Å². The minimum atomic E-state index is -0.00873. The van der Waals surface area contributed by atoms with Gasteiger partial charge < -0.3 is 4.74 Å². The highest BCUT2D eigenvalue weighted by molar-refractivity contribution is 6.32. The lowest BCUT2D eigenvalue weighted by Gasteiger charge is -2.10. The van der Waals surface area contributed by atoms with Crippen molar-refractivity contribution in [3.05, 3.63) is 63.1 Å². The number of hydrogen-bond donors (Lipinski definition) is 0. The Balaban J connectivity index is 2.32. The molecule has 0 saturated heterocycles. The van der Waals surface area contributed by atoms with Gasteiger partial charge in [0.2, 0.25) is 0 Å². The van der Waals surface area contributed by atoms with Crippen LogP contribution in [0.4, 0.5) is 0 Å². The summed E-state index contributed by atoms with van der Waals surface area (Å²) in [4.78, 5) is 12.4. The molecule has 0 bridgehead atoms. The number of ether oxygens (including phenoxy) is 1. The van der Waals surface area contributed by atoms with E-state index in [1.165, 1.54) is 0 Å². The Morgan fingerprint density at radius 3 is 2.65 bits per heavy atom. The standard InChI is InChI=1S/C16H14Cl2O2/c1-10-13(4-3-5-14(10)18)15(19)9-11-8-12(17)6-7-16(11)20-2/h3-8H,9H2,1-2H3. The smallest absolute Gasteiger partial charge is 0.167 e. The van der Waals surface area contributed by atoms with Crippen LogP contribution in [0.15, 0.2) is 36.4 Å². The first-order valence-corrected chi connectivity index (χ1v) is 6.89. The molecule has 2 aromatic rings. The van der Waals surface area contributed by atoms with Crippen LogP contribution in [-0.4, -0.2) is 12.9 Å². The number of ketones is 1. The summed E-state index contributed by atoms with van der Waals surface area (Å²) in [5, 5.41) is 1.17. The van der Waals surface area contributed by atoms with E-state index in [9.17, 15) is 4.79 Å². The molecule has 0 radical (unpaired) electrons. The number of benzene rings is 2. The maximum absolute atomic E-state index is 12.4. The third kappa shape index (κ3) is 3.14. The largest absolute Gasteiger partial charge is 0.496 e. The zero-order valence-corrected chi connectivity index (χ0v) is 12.8. The highest BCUT2D eigenvalue weighted by Gasteiger charge is 2.14. The van der Waals surface area contributed by atoms with Gasteiger partial charge in [0, 0.05) is 27.6 Å². The Labute approximate surface area is 128 Å². The van der Waals surface area contributed by atoms with E-state index in [4.69, 9.17) is 27.9 Å². The Bertz CT molecular complexity index is 651. The van der Waals surface area contributed by atoms with Gasteiger partial charge in [-0.1, -0.05) is 35.3 Å².